The van der Waals surface area contributed by atoms with Crippen molar-refractivity contribution in [1.82, 2.24) is 25.7 Å². The molecule has 0 aliphatic heterocycles. The lowest BCUT2D eigenvalue weighted by Gasteiger charge is -2.30. The molecule has 10 heteroatoms. The molecule has 0 aliphatic carbocycles. The Morgan fingerprint density at radius 2 is 1.71 bits per heavy atom. The Kier molecular flexibility index (Phi) is 7.71. The maximum Gasteiger partial charge on any atom is 0.312 e. The van der Waals surface area contributed by atoms with Gasteiger partial charge in [0.05, 0.1) is 23.7 Å². The quantitative estimate of drug-likeness (QED) is 0.366. The van der Waals surface area contributed by atoms with E-state index >= 15 is 0 Å². The number of fused-ring (bicyclic) bond motifs is 1. The number of primary amides is 1. The van der Waals surface area contributed by atoms with Crippen LogP contribution in [0, 0.1) is 16.7 Å². The van der Waals surface area contributed by atoms with Crippen LogP contribution in [0.15, 0.2) is 48.5 Å². The number of carbonyl (C=O) groups excluding carboxylic acids is 3. The first-order valence-corrected chi connectivity index (χ1v) is 11.2. The predicted molar refractivity (Wildman–Crippen MR) is 131 cm³/mol. The monoisotopic (exact) mass is 475 g/mol. The van der Waals surface area contributed by atoms with E-state index in [4.69, 9.17) is 11.0 Å². The van der Waals surface area contributed by atoms with Gasteiger partial charge in [-0.2, -0.15) is 10.4 Å². The fourth-order valence-electron chi connectivity index (χ4n) is 3.62. The van der Waals surface area contributed by atoms with Crippen molar-refractivity contribution in [3.63, 3.8) is 0 Å². The zero-order chi connectivity index (χ0) is 25.6. The fourth-order valence-corrected chi connectivity index (χ4v) is 3.62. The Hall–Kier alpha value is -4.39. The largest absolute Gasteiger partial charge is 0.353 e. The zero-order valence-corrected chi connectivity index (χ0v) is 20.0. The third-order valence-electron chi connectivity index (χ3n) is 5.42. The molecular weight excluding hydrogens is 446 g/mol. The van der Waals surface area contributed by atoms with Crippen LogP contribution in [0.5, 0.6) is 0 Å². The number of nitrogens with two attached hydrogens (primary N) is 1. The Balaban J connectivity index is 1.82. The van der Waals surface area contributed by atoms with Crippen molar-refractivity contribution in [3.05, 3.63) is 65.4 Å². The molecule has 1 aromatic heterocycles. The molecule has 0 fully saturated rings. The number of benzene rings is 2. The topological polar surface area (TPSA) is 155 Å². The minimum atomic E-state index is -0.842. The molecule has 3 aromatic rings. The third-order valence-corrected chi connectivity index (χ3v) is 5.42. The average molecular weight is 476 g/mol. The maximum absolute atomic E-state index is 13.3. The highest BCUT2D eigenvalue weighted by atomic mass is 16.2. The average Bonchev–Trinajstić information content (AvgIpc) is 3.18. The summed E-state index contributed by atoms with van der Waals surface area (Å²) in [6.07, 6.45) is 0. The van der Waals surface area contributed by atoms with E-state index in [1.165, 1.54) is 0 Å². The van der Waals surface area contributed by atoms with Crippen molar-refractivity contribution in [1.29, 1.82) is 5.26 Å². The summed E-state index contributed by atoms with van der Waals surface area (Å²) in [5.74, 6) is -0.844. The smallest absolute Gasteiger partial charge is 0.312 e. The van der Waals surface area contributed by atoms with Gasteiger partial charge in [-0.1, -0.05) is 51.1 Å². The van der Waals surface area contributed by atoms with E-state index in [0.29, 0.717) is 17.5 Å². The van der Waals surface area contributed by atoms with Gasteiger partial charge in [-0.15, -0.1) is 0 Å². The Morgan fingerprint density at radius 3 is 2.34 bits per heavy atom. The van der Waals surface area contributed by atoms with Crippen molar-refractivity contribution in [2.75, 3.05) is 13.1 Å². The summed E-state index contributed by atoms with van der Waals surface area (Å²) in [6.45, 7) is 6.31. The van der Waals surface area contributed by atoms with Crippen LogP contribution < -0.4 is 21.7 Å². The van der Waals surface area contributed by atoms with Gasteiger partial charge in [0.25, 0.3) is 5.91 Å². The van der Waals surface area contributed by atoms with Gasteiger partial charge in [-0.3, -0.25) is 14.3 Å². The molecule has 0 saturated carbocycles. The molecule has 0 radical (unpaired) electrons. The summed E-state index contributed by atoms with van der Waals surface area (Å²) in [6, 6.07) is 15.1. The molecule has 0 aliphatic rings. The van der Waals surface area contributed by atoms with Crippen LogP contribution in [0.3, 0.4) is 0 Å². The zero-order valence-electron chi connectivity index (χ0n) is 20.0. The molecule has 0 saturated heterocycles. The molecule has 2 aromatic carbocycles. The van der Waals surface area contributed by atoms with Crippen LogP contribution in [-0.4, -0.2) is 46.8 Å². The van der Waals surface area contributed by atoms with E-state index < -0.39 is 23.4 Å². The maximum atomic E-state index is 13.3. The van der Waals surface area contributed by atoms with Crippen LogP contribution in [0.2, 0.25) is 0 Å². The van der Waals surface area contributed by atoms with E-state index in [1.807, 2.05) is 57.2 Å². The molecule has 0 unspecified atom stereocenters. The molecule has 0 bridgehead atoms. The molecule has 182 valence electrons. The first-order chi connectivity index (χ1) is 16.6. The van der Waals surface area contributed by atoms with E-state index in [1.54, 1.807) is 16.8 Å². The normalized spacial score (nSPS) is 11.9. The highest BCUT2D eigenvalue weighted by Crippen LogP contribution is 2.23. The minimum Gasteiger partial charge on any atom is -0.353 e. The molecule has 10 nitrogen and oxygen atoms in total. The second-order valence-electron chi connectivity index (χ2n) is 9.19. The van der Waals surface area contributed by atoms with Gasteiger partial charge in [0.2, 0.25) is 5.91 Å². The van der Waals surface area contributed by atoms with E-state index in [-0.39, 0.29) is 24.7 Å². The second-order valence-corrected chi connectivity index (χ2v) is 9.19. The lowest BCUT2D eigenvalue weighted by molar-refractivity contribution is -0.125. The molecule has 0 spiro atoms. The molecule has 35 heavy (non-hydrogen) atoms. The van der Waals surface area contributed by atoms with Gasteiger partial charge in [0, 0.05) is 18.5 Å². The van der Waals surface area contributed by atoms with Crippen molar-refractivity contribution < 1.29 is 14.4 Å². The summed E-state index contributed by atoms with van der Waals surface area (Å²) in [4.78, 5) is 37.0. The van der Waals surface area contributed by atoms with Crippen LogP contribution in [0.1, 0.15) is 42.4 Å². The van der Waals surface area contributed by atoms with Gasteiger partial charge in [-0.25, -0.2) is 4.79 Å². The highest BCUT2D eigenvalue weighted by Gasteiger charge is 2.34. The minimum absolute atomic E-state index is 0.173. The number of hydrogen-bond donors (Lipinski definition) is 4. The first-order valence-electron chi connectivity index (χ1n) is 11.2. The second kappa shape index (κ2) is 10.7. The van der Waals surface area contributed by atoms with E-state index in [2.05, 4.69) is 27.1 Å². The number of nitrogens with zero attached hydrogens (tertiary/aromatic N) is 3. The number of aromatic nitrogens is 2. The van der Waals surface area contributed by atoms with Crippen molar-refractivity contribution >= 4 is 28.7 Å². The van der Waals surface area contributed by atoms with Crippen molar-refractivity contribution in [3.8, 4) is 6.07 Å². The predicted octanol–water partition coefficient (Wildman–Crippen LogP) is 1.89. The summed E-state index contributed by atoms with van der Waals surface area (Å²) in [7, 11) is 0. The Morgan fingerprint density at radius 1 is 1.06 bits per heavy atom. The number of rotatable bonds is 8. The fraction of sp³-hybridized carbons (Fsp3) is 0.320. The number of nitriles is 1. The van der Waals surface area contributed by atoms with Crippen molar-refractivity contribution in [2.45, 2.75) is 33.4 Å². The lowest BCUT2D eigenvalue weighted by atomic mass is 9.86. The summed E-state index contributed by atoms with van der Waals surface area (Å²) in [5.41, 5.74) is 6.94. The molecule has 3 rings (SSSR count). The Bertz CT molecular complexity index is 1270. The SMILES string of the molecule is CC(C)(C)[C@H](NC(=O)c1nn(Cc2ccc(C#N)cc2)c2ccccc12)C(=O)NCCNC(N)=O. The van der Waals surface area contributed by atoms with Gasteiger partial charge in [-0.05, 0) is 29.2 Å². The molecular formula is C25H29N7O3. The first kappa shape index (κ1) is 25.2. The molecule has 1 heterocycles. The summed E-state index contributed by atoms with van der Waals surface area (Å²) < 4.78 is 1.73. The van der Waals surface area contributed by atoms with Crippen LogP contribution in [0.4, 0.5) is 4.79 Å². The van der Waals surface area contributed by atoms with Crippen molar-refractivity contribution in [2.24, 2.45) is 11.1 Å². The third kappa shape index (κ3) is 6.35. The van der Waals surface area contributed by atoms with Gasteiger partial charge in [0.15, 0.2) is 5.69 Å². The lowest BCUT2D eigenvalue weighted by Crippen LogP contribution is -2.54. The number of urea groups is 1. The van der Waals surface area contributed by atoms with Crippen LogP contribution in [0.25, 0.3) is 10.9 Å². The van der Waals surface area contributed by atoms with Gasteiger partial charge >= 0.3 is 6.03 Å². The number of para-hydroxylation sites is 1. The van der Waals surface area contributed by atoms with E-state index in [9.17, 15) is 14.4 Å². The van der Waals surface area contributed by atoms with E-state index in [0.717, 1.165) is 11.1 Å². The Labute approximate surface area is 203 Å². The molecule has 1 atom stereocenters. The van der Waals surface area contributed by atoms with Gasteiger partial charge in [0.1, 0.15) is 6.04 Å². The highest BCUT2D eigenvalue weighted by molar-refractivity contribution is 6.06. The van der Waals surface area contributed by atoms with Gasteiger partial charge < -0.3 is 21.7 Å². The number of carbonyl (C=O) groups is 3. The van der Waals surface area contributed by atoms with Crippen LogP contribution in [-0.2, 0) is 11.3 Å². The summed E-state index contributed by atoms with van der Waals surface area (Å²) in [5, 5.41) is 22.2. The summed E-state index contributed by atoms with van der Waals surface area (Å²) >= 11 is 0. The number of amides is 4. The molecule has 4 amide bonds. The number of hydrogen-bond acceptors (Lipinski definition) is 5. The standard InChI is InChI=1S/C25H29N7O3/c1-25(2,3)21(23(34)28-12-13-29-24(27)35)30-22(33)20-18-6-4-5-7-19(18)32(31-20)15-17-10-8-16(14-26)9-11-17/h4-11,21H,12-13,15H2,1-3H3,(H,28,34)(H,30,33)(H3,27,29,35)/t21-/m1/s1. The number of nitrogens with one attached hydrogen (secondary N) is 3. The van der Waals surface area contributed by atoms with Crippen LogP contribution >= 0.6 is 0 Å². The molecule has 5 N–H and O–H groups in total.